The average Bonchev–Trinajstić information content (AvgIpc) is 2.80. The number of hydrogen-bond acceptors (Lipinski definition) is 1. The Hall–Kier alpha value is -2.13. The zero-order chi connectivity index (χ0) is 13.6. The maximum absolute atomic E-state index is 12.7. The third-order valence-corrected chi connectivity index (χ3v) is 4.48. The van der Waals surface area contributed by atoms with Gasteiger partial charge in [-0.3, -0.25) is 9.69 Å². The van der Waals surface area contributed by atoms with Gasteiger partial charge in [0.1, 0.15) is 0 Å². The minimum Gasteiger partial charge on any atom is -0.316 e. The highest BCUT2D eigenvalue weighted by atomic mass is 16.2. The van der Waals surface area contributed by atoms with Gasteiger partial charge in [-0.25, -0.2) is 0 Å². The predicted molar refractivity (Wildman–Crippen MR) is 76.1 cm³/mol. The summed E-state index contributed by atoms with van der Waals surface area (Å²) in [5.74, 6) is 0.167. The maximum Gasteiger partial charge on any atom is 0.259 e. The first-order valence-electron chi connectivity index (χ1n) is 7.15. The molecule has 2 aromatic rings. The Bertz CT molecular complexity index is 668. The van der Waals surface area contributed by atoms with Crippen molar-refractivity contribution in [3.63, 3.8) is 0 Å². The predicted octanol–water partition coefficient (Wildman–Crippen LogP) is 1.31. The molecule has 2 heterocycles. The van der Waals surface area contributed by atoms with Crippen molar-refractivity contribution < 1.29 is 10.1 Å². The number of carbonyl (C=O) groups is 1. The quantitative estimate of drug-likeness (QED) is 0.829. The van der Waals surface area contributed by atoms with Gasteiger partial charge in [0.2, 0.25) is 5.66 Å². The summed E-state index contributed by atoms with van der Waals surface area (Å²) in [5.41, 5.74) is 2.83. The molecular weight excluding hydrogens is 248 g/mol. The van der Waals surface area contributed by atoms with Gasteiger partial charge < -0.3 is 5.32 Å². The fraction of sp³-hybridized carbons (Fsp3) is 0.235. The van der Waals surface area contributed by atoms with Crippen LogP contribution in [0.3, 0.4) is 0 Å². The highest BCUT2D eigenvalue weighted by Crippen LogP contribution is 2.40. The van der Waals surface area contributed by atoms with Gasteiger partial charge in [-0.15, -0.1) is 0 Å². The summed E-state index contributed by atoms with van der Waals surface area (Å²) >= 11 is 0. The van der Waals surface area contributed by atoms with Crippen molar-refractivity contribution in [1.82, 2.24) is 4.90 Å². The molecule has 2 aromatic carbocycles. The molecule has 0 aliphatic carbocycles. The maximum atomic E-state index is 12.7. The van der Waals surface area contributed by atoms with E-state index in [1.165, 1.54) is 5.56 Å². The Kier molecular flexibility index (Phi) is 2.44. The molecule has 4 rings (SSSR count). The number of hydrogen-bond donors (Lipinski definition) is 1. The van der Waals surface area contributed by atoms with Crippen LogP contribution in [-0.4, -0.2) is 23.9 Å². The van der Waals surface area contributed by atoms with E-state index >= 15 is 0 Å². The van der Waals surface area contributed by atoms with Gasteiger partial charge in [0.15, 0.2) is 0 Å². The molecular formula is C17H17N2O+. The molecule has 1 atom stereocenters. The Morgan fingerprint density at radius 2 is 1.75 bits per heavy atom. The molecule has 1 amide bonds. The van der Waals surface area contributed by atoms with E-state index in [0.717, 1.165) is 30.6 Å². The number of nitrogens with two attached hydrogens (primary N) is 1. The van der Waals surface area contributed by atoms with Crippen molar-refractivity contribution in [1.29, 1.82) is 0 Å². The lowest BCUT2D eigenvalue weighted by atomic mass is 9.89. The fourth-order valence-electron chi connectivity index (χ4n) is 3.63. The third-order valence-electron chi connectivity index (χ3n) is 4.48. The zero-order valence-electron chi connectivity index (χ0n) is 11.3. The zero-order valence-corrected chi connectivity index (χ0v) is 11.3. The van der Waals surface area contributed by atoms with Crippen LogP contribution in [0.5, 0.6) is 0 Å². The highest BCUT2D eigenvalue weighted by Gasteiger charge is 2.55. The van der Waals surface area contributed by atoms with E-state index in [9.17, 15) is 4.79 Å². The number of quaternary nitrogens is 1. The van der Waals surface area contributed by atoms with Crippen LogP contribution >= 0.6 is 0 Å². The molecule has 100 valence electrons. The van der Waals surface area contributed by atoms with Crippen molar-refractivity contribution in [2.45, 2.75) is 12.1 Å². The summed E-state index contributed by atoms with van der Waals surface area (Å²) in [6.07, 6.45) is 1.05. The van der Waals surface area contributed by atoms with E-state index in [1.807, 2.05) is 29.2 Å². The first-order valence-corrected chi connectivity index (χ1v) is 7.15. The lowest BCUT2D eigenvalue weighted by Crippen LogP contribution is -3.00. The van der Waals surface area contributed by atoms with E-state index in [1.54, 1.807) is 0 Å². The number of fused-ring (bicyclic) bond motifs is 3. The molecule has 0 unspecified atom stereocenters. The first kappa shape index (κ1) is 11.7. The number of nitrogens with zero attached hydrogens (tertiary/aromatic N) is 1. The Balaban J connectivity index is 2.01. The Labute approximate surface area is 118 Å². The molecule has 0 spiro atoms. The van der Waals surface area contributed by atoms with Gasteiger partial charge in [0.25, 0.3) is 5.91 Å². The smallest absolute Gasteiger partial charge is 0.259 e. The van der Waals surface area contributed by atoms with Gasteiger partial charge in [-0.1, -0.05) is 42.5 Å². The second kappa shape index (κ2) is 4.18. The molecule has 3 heteroatoms. The van der Waals surface area contributed by atoms with Crippen molar-refractivity contribution in [2.75, 3.05) is 13.1 Å². The van der Waals surface area contributed by atoms with Crippen LogP contribution in [0.1, 0.15) is 27.9 Å². The average molecular weight is 265 g/mol. The minimum atomic E-state index is -0.354. The fourth-order valence-corrected chi connectivity index (χ4v) is 3.63. The van der Waals surface area contributed by atoms with E-state index in [4.69, 9.17) is 0 Å². The largest absolute Gasteiger partial charge is 0.316 e. The molecule has 0 bridgehead atoms. The van der Waals surface area contributed by atoms with Crippen LogP contribution in [0.4, 0.5) is 0 Å². The van der Waals surface area contributed by atoms with Gasteiger partial charge in [0.05, 0.1) is 17.7 Å². The van der Waals surface area contributed by atoms with Crippen molar-refractivity contribution >= 4 is 5.91 Å². The summed E-state index contributed by atoms with van der Waals surface area (Å²) < 4.78 is 0. The van der Waals surface area contributed by atoms with Gasteiger partial charge >= 0.3 is 0 Å². The van der Waals surface area contributed by atoms with Crippen molar-refractivity contribution in [3.8, 4) is 0 Å². The summed E-state index contributed by atoms with van der Waals surface area (Å²) in [4.78, 5) is 14.8. The molecule has 0 aromatic heterocycles. The lowest BCUT2D eigenvalue weighted by molar-refractivity contribution is -0.753. The molecule has 0 radical (unpaired) electrons. The molecule has 2 aliphatic rings. The molecule has 2 aliphatic heterocycles. The van der Waals surface area contributed by atoms with Crippen LogP contribution < -0.4 is 5.32 Å². The SMILES string of the molecule is O=C1c2ccccc2[C@@]2(c3ccccc3)[NH2+]CCCN12. The topological polar surface area (TPSA) is 36.9 Å². The number of carbonyl (C=O) groups excluding carboxylic acids is 1. The van der Waals surface area contributed by atoms with E-state index in [-0.39, 0.29) is 11.6 Å². The van der Waals surface area contributed by atoms with Crippen LogP contribution in [0.2, 0.25) is 0 Å². The van der Waals surface area contributed by atoms with Crippen LogP contribution in [0, 0.1) is 0 Å². The number of rotatable bonds is 1. The first-order chi connectivity index (χ1) is 9.84. The van der Waals surface area contributed by atoms with Gasteiger partial charge in [-0.2, -0.15) is 0 Å². The molecule has 1 saturated heterocycles. The molecule has 3 nitrogen and oxygen atoms in total. The third kappa shape index (κ3) is 1.36. The normalized spacial score (nSPS) is 24.4. The van der Waals surface area contributed by atoms with E-state index in [0.29, 0.717) is 0 Å². The van der Waals surface area contributed by atoms with Crippen LogP contribution in [0.25, 0.3) is 0 Å². The van der Waals surface area contributed by atoms with Crippen LogP contribution in [0.15, 0.2) is 54.6 Å². The summed E-state index contributed by atoms with van der Waals surface area (Å²) in [6, 6.07) is 18.4. The molecule has 1 fully saturated rings. The summed E-state index contributed by atoms with van der Waals surface area (Å²) in [6.45, 7) is 1.88. The summed E-state index contributed by atoms with van der Waals surface area (Å²) in [7, 11) is 0. The Morgan fingerprint density at radius 3 is 2.60 bits per heavy atom. The lowest BCUT2D eigenvalue weighted by Gasteiger charge is -2.40. The highest BCUT2D eigenvalue weighted by molar-refractivity contribution is 6.00. The van der Waals surface area contributed by atoms with Crippen molar-refractivity contribution in [2.24, 2.45) is 0 Å². The minimum absolute atomic E-state index is 0.167. The van der Waals surface area contributed by atoms with Gasteiger partial charge in [-0.05, 0) is 12.1 Å². The number of benzene rings is 2. The second-order valence-electron chi connectivity index (χ2n) is 5.48. The van der Waals surface area contributed by atoms with Crippen LogP contribution in [-0.2, 0) is 5.66 Å². The summed E-state index contributed by atoms with van der Waals surface area (Å²) in [5, 5.41) is 2.32. The molecule has 2 N–H and O–H groups in total. The van der Waals surface area contributed by atoms with Crippen molar-refractivity contribution in [3.05, 3.63) is 71.3 Å². The van der Waals surface area contributed by atoms with Gasteiger partial charge in [0, 0.05) is 18.5 Å². The molecule has 20 heavy (non-hydrogen) atoms. The monoisotopic (exact) mass is 265 g/mol. The second-order valence-corrected chi connectivity index (χ2v) is 5.48. The standard InChI is InChI=1S/C17H16N2O/c20-16-14-9-4-5-10-15(14)17(13-7-2-1-3-8-13)18-11-6-12-19(16)17/h1-5,7-10,18H,6,11-12H2/p+1/t17-/m0/s1. The molecule has 0 saturated carbocycles. The van der Waals surface area contributed by atoms with E-state index in [2.05, 4.69) is 35.6 Å². The number of amides is 1. The van der Waals surface area contributed by atoms with E-state index < -0.39 is 0 Å². The Morgan fingerprint density at radius 1 is 1.00 bits per heavy atom.